The van der Waals surface area contributed by atoms with Crippen LogP contribution in [0.1, 0.15) is 6.92 Å². The van der Waals surface area contributed by atoms with E-state index in [2.05, 4.69) is 16.7 Å². The molecule has 0 rings (SSSR count). The van der Waals surface area contributed by atoms with Gasteiger partial charge in [-0.3, -0.25) is 9.98 Å². The Morgan fingerprint density at radius 1 is 1.18 bits per heavy atom. The number of aliphatic imine (C=N–C) groups is 2. The summed E-state index contributed by atoms with van der Waals surface area (Å²) in [6.07, 6.45) is 9.62. The number of hydrogen-bond donors (Lipinski definition) is 0. The molecule has 0 N–H and O–H groups in total. The van der Waals surface area contributed by atoms with Crippen molar-refractivity contribution in [1.29, 1.82) is 0 Å². The van der Waals surface area contributed by atoms with Crippen LogP contribution in [-0.2, 0) is 0 Å². The van der Waals surface area contributed by atoms with E-state index in [0.29, 0.717) is 6.54 Å². The van der Waals surface area contributed by atoms with Crippen LogP contribution >= 0.6 is 0 Å². The largest absolute Gasteiger partial charge is 0.297 e. The Kier molecular flexibility index (Phi) is 7.87. The van der Waals surface area contributed by atoms with E-state index in [-0.39, 0.29) is 0 Å². The van der Waals surface area contributed by atoms with Crippen molar-refractivity contribution in [3.05, 3.63) is 24.3 Å². The van der Waals surface area contributed by atoms with E-state index in [9.17, 15) is 0 Å². The van der Waals surface area contributed by atoms with Crippen molar-refractivity contribution >= 4 is 12.9 Å². The lowest BCUT2D eigenvalue weighted by Crippen LogP contribution is -1.70. The van der Waals surface area contributed by atoms with Crippen LogP contribution in [0.25, 0.3) is 0 Å². The van der Waals surface area contributed by atoms with Gasteiger partial charge in [0.25, 0.3) is 0 Å². The molecule has 0 bridgehead atoms. The van der Waals surface area contributed by atoms with E-state index in [1.165, 1.54) is 0 Å². The fraction of sp³-hybridized carbons (Fsp3) is 0.333. The molecule has 0 aliphatic heterocycles. The van der Waals surface area contributed by atoms with Crippen molar-refractivity contribution in [3.63, 3.8) is 0 Å². The van der Waals surface area contributed by atoms with Gasteiger partial charge in [-0.25, -0.2) is 0 Å². The van der Waals surface area contributed by atoms with Gasteiger partial charge in [-0.1, -0.05) is 24.3 Å². The highest BCUT2D eigenvalue weighted by atomic mass is 14.7. The summed E-state index contributed by atoms with van der Waals surface area (Å²) >= 11 is 0. The molecule has 2 nitrogen and oxygen atoms in total. The van der Waals surface area contributed by atoms with E-state index < -0.39 is 0 Å². The Balaban J connectivity index is 3.35. The number of rotatable bonds is 5. The van der Waals surface area contributed by atoms with Crippen LogP contribution in [0.4, 0.5) is 0 Å². The number of hydrogen-bond acceptors (Lipinski definition) is 2. The lowest BCUT2D eigenvalue weighted by molar-refractivity contribution is 1.25. The van der Waals surface area contributed by atoms with Crippen LogP contribution in [0.15, 0.2) is 34.3 Å². The van der Waals surface area contributed by atoms with Gasteiger partial charge in [-0.15, -0.1) is 0 Å². The summed E-state index contributed by atoms with van der Waals surface area (Å²) < 4.78 is 0. The Morgan fingerprint density at radius 2 is 1.82 bits per heavy atom. The Bertz CT molecular complexity index is 166. The van der Waals surface area contributed by atoms with Crippen molar-refractivity contribution in [2.45, 2.75) is 6.92 Å². The highest BCUT2D eigenvalue weighted by Crippen LogP contribution is 1.79. The third-order valence-electron chi connectivity index (χ3n) is 1.01. The minimum atomic E-state index is 0.682. The highest BCUT2D eigenvalue weighted by molar-refractivity contribution is 5.53. The summed E-state index contributed by atoms with van der Waals surface area (Å²) in [6.45, 7) is 6.70. The molecular weight excluding hydrogens is 136 g/mol. The van der Waals surface area contributed by atoms with Gasteiger partial charge < -0.3 is 0 Å². The van der Waals surface area contributed by atoms with Crippen LogP contribution in [0.3, 0.4) is 0 Å². The second-order valence-electron chi connectivity index (χ2n) is 1.89. The molecule has 0 aromatic heterocycles. The van der Waals surface area contributed by atoms with Crippen molar-refractivity contribution in [3.8, 4) is 0 Å². The van der Waals surface area contributed by atoms with E-state index in [1.807, 2.05) is 31.2 Å². The van der Waals surface area contributed by atoms with Gasteiger partial charge in [0.15, 0.2) is 0 Å². The molecule has 0 fully saturated rings. The normalized spacial score (nSPS) is 12.1. The third-order valence-corrected chi connectivity index (χ3v) is 1.01. The maximum absolute atomic E-state index is 4.01. The first-order valence-corrected chi connectivity index (χ1v) is 3.60. The average molecular weight is 150 g/mol. The monoisotopic (exact) mass is 150 g/mol. The molecule has 0 saturated heterocycles. The molecule has 0 aromatic rings. The SMILES string of the molecule is C=NC/C=C\C=C/CN=CC. The first kappa shape index (κ1) is 9.82. The van der Waals surface area contributed by atoms with Gasteiger partial charge in [-0.05, 0) is 19.9 Å². The zero-order valence-electron chi connectivity index (χ0n) is 6.90. The van der Waals surface area contributed by atoms with Crippen molar-refractivity contribution in [2.24, 2.45) is 9.98 Å². The lowest BCUT2D eigenvalue weighted by Gasteiger charge is -1.79. The second kappa shape index (κ2) is 8.82. The van der Waals surface area contributed by atoms with Crippen molar-refractivity contribution in [2.75, 3.05) is 13.1 Å². The Labute approximate surface area is 68.1 Å². The maximum atomic E-state index is 4.01. The van der Waals surface area contributed by atoms with Crippen LogP contribution in [0, 0.1) is 0 Å². The lowest BCUT2D eigenvalue weighted by atomic mass is 10.4. The molecule has 0 aliphatic carbocycles. The zero-order valence-corrected chi connectivity index (χ0v) is 6.90. The molecule has 0 saturated carbocycles. The molecule has 0 amide bonds. The molecule has 0 atom stereocenters. The minimum Gasteiger partial charge on any atom is -0.297 e. The standard InChI is InChI=1S/C9H14N2/c1-3-11-9-7-5-4-6-8-10-2/h3-7H,2,8-9H2,1H3/b6-4-,7-5-,11-3?. The zero-order chi connectivity index (χ0) is 8.36. The van der Waals surface area contributed by atoms with Crippen molar-refractivity contribution in [1.82, 2.24) is 0 Å². The summed E-state index contributed by atoms with van der Waals surface area (Å²) in [7, 11) is 0. The van der Waals surface area contributed by atoms with Gasteiger partial charge in [0.2, 0.25) is 0 Å². The summed E-state index contributed by atoms with van der Waals surface area (Å²) in [6, 6.07) is 0. The van der Waals surface area contributed by atoms with Crippen LogP contribution in [0.2, 0.25) is 0 Å². The van der Waals surface area contributed by atoms with E-state index in [0.717, 1.165) is 6.54 Å². The molecule has 0 spiro atoms. The van der Waals surface area contributed by atoms with Gasteiger partial charge in [0.1, 0.15) is 0 Å². The maximum Gasteiger partial charge on any atom is 0.0569 e. The smallest absolute Gasteiger partial charge is 0.0569 e. The van der Waals surface area contributed by atoms with Gasteiger partial charge in [-0.2, -0.15) is 0 Å². The van der Waals surface area contributed by atoms with Crippen LogP contribution < -0.4 is 0 Å². The van der Waals surface area contributed by atoms with Gasteiger partial charge in [0.05, 0.1) is 13.1 Å². The fourth-order valence-corrected chi connectivity index (χ4v) is 0.520. The topological polar surface area (TPSA) is 24.7 Å². The number of nitrogens with zero attached hydrogens (tertiary/aromatic N) is 2. The van der Waals surface area contributed by atoms with Gasteiger partial charge >= 0.3 is 0 Å². The first-order chi connectivity index (χ1) is 5.41. The molecule has 60 valence electrons. The first-order valence-electron chi connectivity index (χ1n) is 3.60. The van der Waals surface area contributed by atoms with E-state index in [1.54, 1.807) is 6.21 Å². The van der Waals surface area contributed by atoms with Crippen molar-refractivity contribution < 1.29 is 0 Å². The molecule has 0 radical (unpaired) electrons. The molecular formula is C9H14N2. The molecule has 0 aromatic carbocycles. The predicted molar refractivity (Wildman–Crippen MR) is 51.7 cm³/mol. The molecule has 2 heteroatoms. The van der Waals surface area contributed by atoms with Crippen LogP contribution in [-0.4, -0.2) is 26.0 Å². The van der Waals surface area contributed by atoms with E-state index in [4.69, 9.17) is 0 Å². The molecule has 0 heterocycles. The summed E-state index contributed by atoms with van der Waals surface area (Å²) in [5.41, 5.74) is 0. The Hall–Kier alpha value is -1.18. The highest BCUT2D eigenvalue weighted by Gasteiger charge is 1.67. The molecule has 11 heavy (non-hydrogen) atoms. The minimum absolute atomic E-state index is 0.682. The predicted octanol–water partition coefficient (Wildman–Crippen LogP) is 1.89. The van der Waals surface area contributed by atoms with Crippen LogP contribution in [0.5, 0.6) is 0 Å². The number of allylic oxidation sites excluding steroid dienone is 2. The fourth-order valence-electron chi connectivity index (χ4n) is 0.520. The summed E-state index contributed by atoms with van der Waals surface area (Å²) in [5, 5.41) is 0. The average Bonchev–Trinajstić information content (AvgIpc) is 2.03. The quantitative estimate of drug-likeness (QED) is 0.422. The second-order valence-corrected chi connectivity index (χ2v) is 1.89. The van der Waals surface area contributed by atoms with E-state index >= 15 is 0 Å². The summed E-state index contributed by atoms with van der Waals surface area (Å²) in [4.78, 5) is 7.68. The Morgan fingerprint density at radius 3 is 2.36 bits per heavy atom. The molecule has 0 aliphatic rings. The third kappa shape index (κ3) is 8.82. The molecule has 0 unspecified atom stereocenters. The van der Waals surface area contributed by atoms with Gasteiger partial charge in [0, 0.05) is 0 Å². The summed E-state index contributed by atoms with van der Waals surface area (Å²) in [5.74, 6) is 0.